The second kappa shape index (κ2) is 5.34. The van der Waals surface area contributed by atoms with Crippen molar-refractivity contribution >= 4 is 5.97 Å². The van der Waals surface area contributed by atoms with E-state index in [0.29, 0.717) is 0 Å². The molecule has 0 fully saturated rings. The van der Waals surface area contributed by atoms with Crippen molar-refractivity contribution in [1.82, 2.24) is 0 Å². The summed E-state index contributed by atoms with van der Waals surface area (Å²) in [6.07, 6.45) is 4.53. The molecule has 0 aliphatic rings. The van der Waals surface area contributed by atoms with Crippen molar-refractivity contribution in [3.8, 4) is 0 Å². The van der Waals surface area contributed by atoms with Crippen molar-refractivity contribution in [1.29, 1.82) is 0 Å². The molecule has 0 radical (unpaired) electrons. The van der Waals surface area contributed by atoms with Crippen LogP contribution in [-0.2, 0) is 9.53 Å². The van der Waals surface area contributed by atoms with Gasteiger partial charge >= 0.3 is 5.97 Å². The standard InChI is InChI=1S/C13H24O2/c1-7-12(4,8-2)10-13(5,9-3)11(14)15-6/h7H,1,8-10H2,2-6H3. The molecule has 0 amide bonds. The molecular weight excluding hydrogens is 188 g/mol. The fourth-order valence-electron chi connectivity index (χ4n) is 1.82. The highest BCUT2D eigenvalue weighted by Crippen LogP contribution is 2.40. The Hall–Kier alpha value is -0.790. The van der Waals surface area contributed by atoms with E-state index in [1.54, 1.807) is 0 Å². The third kappa shape index (κ3) is 3.37. The van der Waals surface area contributed by atoms with Crippen molar-refractivity contribution in [2.45, 2.75) is 47.0 Å². The quantitative estimate of drug-likeness (QED) is 0.497. The van der Waals surface area contributed by atoms with Crippen LogP contribution >= 0.6 is 0 Å². The first kappa shape index (κ1) is 14.2. The van der Waals surface area contributed by atoms with Crippen LogP contribution in [0.3, 0.4) is 0 Å². The van der Waals surface area contributed by atoms with Gasteiger partial charge in [-0.25, -0.2) is 0 Å². The van der Waals surface area contributed by atoms with Crippen LogP contribution in [0.1, 0.15) is 47.0 Å². The number of rotatable bonds is 6. The van der Waals surface area contributed by atoms with Gasteiger partial charge in [0, 0.05) is 0 Å². The van der Waals surface area contributed by atoms with Gasteiger partial charge in [0.05, 0.1) is 12.5 Å². The second-order valence-corrected chi connectivity index (χ2v) is 4.79. The topological polar surface area (TPSA) is 26.3 Å². The maximum Gasteiger partial charge on any atom is 0.311 e. The largest absolute Gasteiger partial charge is 0.469 e. The summed E-state index contributed by atoms with van der Waals surface area (Å²) >= 11 is 0. The number of methoxy groups -OCH3 is 1. The summed E-state index contributed by atoms with van der Waals surface area (Å²) in [6.45, 7) is 12.1. The minimum atomic E-state index is -0.395. The van der Waals surface area contributed by atoms with Crippen LogP contribution in [0.4, 0.5) is 0 Å². The normalized spacial score (nSPS) is 18.7. The molecule has 15 heavy (non-hydrogen) atoms. The minimum Gasteiger partial charge on any atom is -0.469 e. The van der Waals surface area contributed by atoms with Crippen molar-refractivity contribution in [3.63, 3.8) is 0 Å². The van der Waals surface area contributed by atoms with Gasteiger partial charge in [0.2, 0.25) is 0 Å². The summed E-state index contributed by atoms with van der Waals surface area (Å²) in [4.78, 5) is 11.7. The minimum absolute atomic E-state index is 0.0128. The Morgan fingerprint density at radius 3 is 2.13 bits per heavy atom. The molecule has 0 heterocycles. The zero-order valence-electron chi connectivity index (χ0n) is 10.7. The SMILES string of the molecule is C=CC(C)(CC)CC(C)(CC)C(=O)OC. The Morgan fingerprint density at radius 1 is 1.33 bits per heavy atom. The molecule has 0 aromatic rings. The van der Waals surface area contributed by atoms with E-state index < -0.39 is 5.41 Å². The average molecular weight is 212 g/mol. The van der Waals surface area contributed by atoms with E-state index in [0.717, 1.165) is 19.3 Å². The summed E-state index contributed by atoms with van der Waals surface area (Å²) in [6, 6.07) is 0. The summed E-state index contributed by atoms with van der Waals surface area (Å²) < 4.78 is 4.87. The molecule has 0 N–H and O–H groups in total. The van der Waals surface area contributed by atoms with Crippen molar-refractivity contribution in [2.24, 2.45) is 10.8 Å². The molecule has 0 saturated heterocycles. The lowest BCUT2D eigenvalue weighted by Gasteiger charge is -2.34. The number of ether oxygens (including phenoxy) is 1. The lowest BCUT2D eigenvalue weighted by atomic mass is 9.70. The predicted molar refractivity (Wildman–Crippen MR) is 63.6 cm³/mol. The zero-order valence-corrected chi connectivity index (χ0v) is 10.7. The maximum absolute atomic E-state index is 11.7. The molecule has 2 unspecified atom stereocenters. The molecule has 0 aromatic carbocycles. The molecule has 0 aromatic heterocycles. The molecule has 2 nitrogen and oxygen atoms in total. The Morgan fingerprint density at radius 2 is 1.87 bits per heavy atom. The Kier molecular flexibility index (Phi) is 5.06. The van der Waals surface area contributed by atoms with Gasteiger partial charge in [-0.1, -0.05) is 26.8 Å². The summed E-state index contributed by atoms with van der Waals surface area (Å²) in [5, 5.41) is 0. The fraction of sp³-hybridized carbons (Fsp3) is 0.769. The Bertz CT molecular complexity index is 235. The maximum atomic E-state index is 11.7. The van der Waals surface area contributed by atoms with E-state index in [1.165, 1.54) is 7.11 Å². The molecule has 0 saturated carbocycles. The Balaban J connectivity index is 4.84. The molecule has 0 spiro atoms. The lowest BCUT2D eigenvalue weighted by Crippen LogP contribution is -2.34. The van der Waals surface area contributed by atoms with E-state index in [1.807, 2.05) is 19.9 Å². The molecule has 0 aliphatic carbocycles. The smallest absolute Gasteiger partial charge is 0.311 e. The van der Waals surface area contributed by atoms with Crippen LogP contribution in [0.2, 0.25) is 0 Å². The Labute approximate surface area is 93.7 Å². The highest BCUT2D eigenvalue weighted by Gasteiger charge is 2.38. The van der Waals surface area contributed by atoms with Crippen LogP contribution in [0.5, 0.6) is 0 Å². The first-order valence-electron chi connectivity index (χ1n) is 5.59. The van der Waals surface area contributed by atoms with Gasteiger partial charge in [-0.2, -0.15) is 0 Å². The monoisotopic (exact) mass is 212 g/mol. The van der Waals surface area contributed by atoms with Crippen molar-refractivity contribution < 1.29 is 9.53 Å². The van der Waals surface area contributed by atoms with Crippen LogP contribution in [-0.4, -0.2) is 13.1 Å². The van der Waals surface area contributed by atoms with Crippen LogP contribution in [0, 0.1) is 10.8 Å². The zero-order chi connectivity index (χ0) is 12.1. The van der Waals surface area contributed by atoms with E-state index in [2.05, 4.69) is 20.4 Å². The summed E-state index contributed by atoms with van der Waals surface area (Å²) in [5.41, 5.74) is -0.382. The molecule has 2 heteroatoms. The summed E-state index contributed by atoms with van der Waals surface area (Å²) in [7, 11) is 1.45. The second-order valence-electron chi connectivity index (χ2n) is 4.79. The van der Waals surface area contributed by atoms with Crippen LogP contribution < -0.4 is 0 Å². The van der Waals surface area contributed by atoms with E-state index in [-0.39, 0.29) is 11.4 Å². The third-order valence-electron chi connectivity index (χ3n) is 3.55. The average Bonchev–Trinajstić information content (AvgIpc) is 2.27. The van der Waals surface area contributed by atoms with E-state index >= 15 is 0 Å². The van der Waals surface area contributed by atoms with Crippen molar-refractivity contribution in [2.75, 3.05) is 7.11 Å². The number of esters is 1. The number of carbonyl (C=O) groups is 1. The first-order valence-corrected chi connectivity index (χ1v) is 5.59. The highest BCUT2D eigenvalue weighted by molar-refractivity contribution is 5.76. The van der Waals surface area contributed by atoms with Gasteiger partial charge in [0.1, 0.15) is 0 Å². The third-order valence-corrected chi connectivity index (χ3v) is 3.55. The molecule has 0 bridgehead atoms. The summed E-state index contributed by atoms with van der Waals surface area (Å²) in [5.74, 6) is -0.119. The molecular formula is C13H24O2. The van der Waals surface area contributed by atoms with Crippen molar-refractivity contribution in [3.05, 3.63) is 12.7 Å². The van der Waals surface area contributed by atoms with Crippen LogP contribution in [0.25, 0.3) is 0 Å². The molecule has 88 valence electrons. The lowest BCUT2D eigenvalue weighted by molar-refractivity contribution is -0.153. The van der Waals surface area contributed by atoms with Gasteiger partial charge in [-0.15, -0.1) is 6.58 Å². The number of carbonyl (C=O) groups excluding carboxylic acids is 1. The fourth-order valence-corrected chi connectivity index (χ4v) is 1.82. The van der Waals surface area contributed by atoms with Gasteiger partial charge in [-0.3, -0.25) is 4.79 Å². The number of hydrogen-bond donors (Lipinski definition) is 0. The molecule has 0 rings (SSSR count). The highest BCUT2D eigenvalue weighted by atomic mass is 16.5. The van der Waals surface area contributed by atoms with Crippen LogP contribution in [0.15, 0.2) is 12.7 Å². The van der Waals surface area contributed by atoms with Gasteiger partial charge < -0.3 is 4.74 Å². The predicted octanol–water partition coefficient (Wildman–Crippen LogP) is 3.57. The molecule has 2 atom stereocenters. The van der Waals surface area contributed by atoms with Gasteiger partial charge in [-0.05, 0) is 31.6 Å². The van der Waals surface area contributed by atoms with Gasteiger partial charge in [0.25, 0.3) is 0 Å². The van der Waals surface area contributed by atoms with E-state index in [9.17, 15) is 4.79 Å². The number of hydrogen-bond acceptors (Lipinski definition) is 2. The first-order chi connectivity index (χ1) is 6.87. The number of allylic oxidation sites excluding steroid dienone is 1. The van der Waals surface area contributed by atoms with E-state index in [4.69, 9.17) is 4.74 Å². The molecule has 0 aliphatic heterocycles. The van der Waals surface area contributed by atoms with Gasteiger partial charge in [0.15, 0.2) is 0 Å².